The number of nitrogens with one attached hydrogen (secondary N) is 1. The van der Waals surface area contributed by atoms with E-state index in [0.717, 1.165) is 27.0 Å². The Morgan fingerprint density at radius 3 is 2.63 bits per heavy atom. The van der Waals surface area contributed by atoms with Gasteiger partial charge in [-0.25, -0.2) is 0 Å². The van der Waals surface area contributed by atoms with Crippen molar-refractivity contribution < 1.29 is 4.74 Å². The second-order valence-corrected chi connectivity index (χ2v) is 8.25. The Morgan fingerprint density at radius 1 is 1.32 bits per heavy atom. The Morgan fingerprint density at radius 2 is 2.11 bits per heavy atom. The lowest BCUT2D eigenvalue weighted by molar-refractivity contribution is 0.416. The summed E-state index contributed by atoms with van der Waals surface area (Å²) in [5, 5.41) is 5.65. The lowest BCUT2D eigenvalue weighted by Gasteiger charge is -2.15. The van der Waals surface area contributed by atoms with Crippen molar-refractivity contribution in [2.24, 2.45) is 0 Å². The van der Waals surface area contributed by atoms with Crippen molar-refractivity contribution in [3.8, 4) is 5.75 Å². The van der Waals surface area contributed by atoms with Crippen LogP contribution in [0.3, 0.4) is 0 Å². The summed E-state index contributed by atoms with van der Waals surface area (Å²) >= 11 is 10.6. The maximum absolute atomic E-state index is 5.28. The fourth-order valence-corrected chi connectivity index (χ4v) is 4.93. The Labute approximate surface area is 138 Å². The van der Waals surface area contributed by atoms with E-state index in [2.05, 4.69) is 56.2 Å². The molecule has 1 N–H and O–H groups in total. The smallest absolute Gasteiger partial charge is 0.129 e. The van der Waals surface area contributed by atoms with E-state index in [1.54, 1.807) is 29.8 Å². The number of halogens is 2. The summed E-state index contributed by atoms with van der Waals surface area (Å²) in [7, 11) is 1.71. The summed E-state index contributed by atoms with van der Waals surface area (Å²) in [6.07, 6.45) is 1.12. The number of hydrogen-bond donors (Lipinski definition) is 1. The minimum Gasteiger partial charge on any atom is -0.496 e. The first-order chi connectivity index (χ1) is 9.15. The predicted molar refractivity (Wildman–Crippen MR) is 90.7 cm³/mol. The van der Waals surface area contributed by atoms with Crippen molar-refractivity contribution in [3.63, 3.8) is 0 Å². The minimum atomic E-state index is 0.237. The molecule has 104 valence electrons. The molecule has 2 aromatic heterocycles. The van der Waals surface area contributed by atoms with Gasteiger partial charge in [0.2, 0.25) is 0 Å². The van der Waals surface area contributed by atoms with Crippen molar-refractivity contribution in [2.75, 3.05) is 13.7 Å². The molecule has 1 unspecified atom stereocenters. The highest BCUT2D eigenvalue weighted by Gasteiger charge is 2.19. The Kier molecular flexibility index (Phi) is 5.89. The van der Waals surface area contributed by atoms with Crippen molar-refractivity contribution in [3.05, 3.63) is 35.5 Å². The standard InChI is InChI=1S/C13H15Br2NOS2/c1-3-4-16-12(10-5-8(17-2)7-18-10)11-6-9(14)13(15)19-11/h5-7,12,16H,3-4H2,1-2H3. The number of methoxy groups -OCH3 is 1. The lowest BCUT2D eigenvalue weighted by atomic mass is 10.2. The molecule has 2 aromatic rings. The fourth-order valence-electron chi connectivity index (χ4n) is 1.73. The molecule has 2 rings (SSSR count). The normalized spacial score (nSPS) is 12.6. The third kappa shape index (κ3) is 3.82. The van der Waals surface area contributed by atoms with Crippen LogP contribution >= 0.6 is 54.5 Å². The predicted octanol–water partition coefficient (Wildman–Crippen LogP) is 5.43. The van der Waals surface area contributed by atoms with Gasteiger partial charge in [-0.3, -0.25) is 0 Å². The maximum Gasteiger partial charge on any atom is 0.129 e. The van der Waals surface area contributed by atoms with Crippen molar-refractivity contribution >= 4 is 54.5 Å². The van der Waals surface area contributed by atoms with E-state index in [4.69, 9.17) is 4.74 Å². The van der Waals surface area contributed by atoms with E-state index in [9.17, 15) is 0 Å². The van der Waals surface area contributed by atoms with E-state index in [1.165, 1.54) is 9.75 Å². The van der Waals surface area contributed by atoms with Crippen LogP contribution in [0.15, 0.2) is 25.8 Å². The molecular formula is C13H15Br2NOS2. The number of thiophene rings is 2. The highest BCUT2D eigenvalue weighted by molar-refractivity contribution is 9.13. The lowest BCUT2D eigenvalue weighted by Crippen LogP contribution is -2.21. The van der Waals surface area contributed by atoms with Crippen LogP contribution in [0.2, 0.25) is 0 Å². The van der Waals surface area contributed by atoms with Crippen LogP contribution in [0.1, 0.15) is 29.1 Å². The van der Waals surface area contributed by atoms with Crippen LogP contribution in [-0.2, 0) is 0 Å². The maximum atomic E-state index is 5.28. The molecule has 0 saturated heterocycles. The van der Waals surface area contributed by atoms with Crippen LogP contribution in [0, 0.1) is 0 Å². The summed E-state index contributed by atoms with van der Waals surface area (Å²) in [5.74, 6) is 0.929. The minimum absolute atomic E-state index is 0.237. The summed E-state index contributed by atoms with van der Waals surface area (Å²) in [4.78, 5) is 2.59. The van der Waals surface area contributed by atoms with E-state index >= 15 is 0 Å². The molecule has 1 atom stereocenters. The highest BCUT2D eigenvalue weighted by Crippen LogP contribution is 2.39. The van der Waals surface area contributed by atoms with Gasteiger partial charge >= 0.3 is 0 Å². The monoisotopic (exact) mass is 423 g/mol. The highest BCUT2D eigenvalue weighted by atomic mass is 79.9. The van der Waals surface area contributed by atoms with Crippen LogP contribution in [0.5, 0.6) is 5.75 Å². The van der Waals surface area contributed by atoms with E-state index < -0.39 is 0 Å². The van der Waals surface area contributed by atoms with E-state index in [1.807, 2.05) is 5.38 Å². The first kappa shape index (κ1) is 15.5. The molecule has 2 nitrogen and oxygen atoms in total. The van der Waals surface area contributed by atoms with Crippen LogP contribution in [0.4, 0.5) is 0 Å². The van der Waals surface area contributed by atoms with Crippen molar-refractivity contribution in [2.45, 2.75) is 19.4 Å². The van der Waals surface area contributed by atoms with Crippen LogP contribution < -0.4 is 10.1 Å². The second kappa shape index (κ2) is 7.22. The fraction of sp³-hybridized carbons (Fsp3) is 0.385. The second-order valence-electron chi connectivity index (χ2n) is 4.05. The average molecular weight is 425 g/mol. The molecular weight excluding hydrogens is 410 g/mol. The Balaban J connectivity index is 2.29. The van der Waals surface area contributed by atoms with Crippen molar-refractivity contribution in [1.82, 2.24) is 5.32 Å². The summed E-state index contributed by atoms with van der Waals surface area (Å²) in [5.41, 5.74) is 0. The van der Waals surface area contributed by atoms with Gasteiger partial charge < -0.3 is 10.1 Å². The number of ether oxygens (including phenoxy) is 1. The molecule has 0 aromatic carbocycles. The first-order valence-electron chi connectivity index (χ1n) is 5.96. The molecule has 0 aliphatic carbocycles. The van der Waals surface area contributed by atoms with Gasteiger partial charge in [0.05, 0.1) is 16.9 Å². The van der Waals surface area contributed by atoms with Gasteiger partial charge in [0.15, 0.2) is 0 Å². The zero-order valence-corrected chi connectivity index (χ0v) is 15.5. The largest absolute Gasteiger partial charge is 0.496 e. The third-order valence-electron chi connectivity index (χ3n) is 2.66. The van der Waals surface area contributed by atoms with Crippen LogP contribution in [-0.4, -0.2) is 13.7 Å². The molecule has 19 heavy (non-hydrogen) atoms. The summed E-state index contributed by atoms with van der Waals surface area (Å²) in [6, 6.07) is 4.52. The molecule has 0 bridgehead atoms. The average Bonchev–Trinajstić information content (AvgIpc) is 2.98. The molecule has 0 radical (unpaired) electrons. The van der Waals surface area contributed by atoms with Gasteiger partial charge in [-0.15, -0.1) is 22.7 Å². The molecule has 2 heterocycles. The topological polar surface area (TPSA) is 21.3 Å². The third-order valence-corrected chi connectivity index (χ3v) is 6.96. The molecule has 0 aliphatic heterocycles. The molecule has 0 fully saturated rings. The molecule has 0 aliphatic rings. The molecule has 0 spiro atoms. The van der Waals surface area contributed by atoms with Gasteiger partial charge in [0.25, 0.3) is 0 Å². The SMILES string of the molecule is CCCNC(c1cc(OC)cs1)c1cc(Br)c(Br)s1. The van der Waals surface area contributed by atoms with Gasteiger partial charge in [-0.1, -0.05) is 6.92 Å². The Hall–Kier alpha value is 0.120. The van der Waals surface area contributed by atoms with E-state index in [-0.39, 0.29) is 6.04 Å². The summed E-state index contributed by atoms with van der Waals surface area (Å²) < 4.78 is 7.53. The zero-order chi connectivity index (χ0) is 13.8. The number of hydrogen-bond acceptors (Lipinski definition) is 4. The summed E-state index contributed by atoms with van der Waals surface area (Å²) in [6.45, 7) is 3.18. The molecule has 6 heteroatoms. The van der Waals surface area contributed by atoms with Gasteiger partial charge in [0, 0.05) is 19.6 Å². The first-order valence-corrected chi connectivity index (χ1v) is 9.24. The molecule has 0 amide bonds. The zero-order valence-electron chi connectivity index (χ0n) is 10.7. The van der Waals surface area contributed by atoms with E-state index in [0.29, 0.717) is 0 Å². The quantitative estimate of drug-likeness (QED) is 0.667. The number of rotatable bonds is 6. The van der Waals surface area contributed by atoms with Gasteiger partial charge in [-0.2, -0.15) is 0 Å². The van der Waals surface area contributed by atoms with Gasteiger partial charge in [0.1, 0.15) is 5.75 Å². The Bertz CT molecular complexity index is 519. The van der Waals surface area contributed by atoms with Crippen molar-refractivity contribution in [1.29, 1.82) is 0 Å². The van der Waals surface area contributed by atoms with Gasteiger partial charge in [-0.05, 0) is 57.0 Å². The van der Waals surface area contributed by atoms with Crippen LogP contribution in [0.25, 0.3) is 0 Å². The molecule has 0 saturated carbocycles.